The van der Waals surface area contributed by atoms with E-state index in [1.54, 1.807) is 19.2 Å². The molecule has 0 aliphatic carbocycles. The van der Waals surface area contributed by atoms with E-state index in [0.29, 0.717) is 24.5 Å². The molecular formula is C14H18O5. The second-order valence-corrected chi connectivity index (χ2v) is 4.05. The molecule has 19 heavy (non-hydrogen) atoms. The lowest BCUT2D eigenvalue weighted by Gasteiger charge is -2.07. The molecule has 1 rings (SSSR count). The molecule has 0 saturated carbocycles. The number of carbonyl (C=O) groups is 1. The van der Waals surface area contributed by atoms with Gasteiger partial charge in [-0.25, -0.2) is 4.79 Å². The fourth-order valence-corrected chi connectivity index (χ4v) is 1.42. The van der Waals surface area contributed by atoms with Gasteiger partial charge in [-0.05, 0) is 25.1 Å². The van der Waals surface area contributed by atoms with Crippen LogP contribution in [0.3, 0.4) is 0 Å². The van der Waals surface area contributed by atoms with Crippen LogP contribution >= 0.6 is 0 Å². The van der Waals surface area contributed by atoms with Gasteiger partial charge in [0.25, 0.3) is 0 Å². The molecule has 0 radical (unpaired) electrons. The lowest BCUT2D eigenvalue weighted by Crippen LogP contribution is -2.01. The maximum atomic E-state index is 10.7. The maximum absolute atomic E-state index is 10.7. The van der Waals surface area contributed by atoms with Gasteiger partial charge in [0.2, 0.25) is 0 Å². The zero-order valence-electron chi connectivity index (χ0n) is 11.0. The third kappa shape index (κ3) is 5.01. The first kappa shape index (κ1) is 15.0. The quantitative estimate of drug-likeness (QED) is 0.585. The van der Waals surface area contributed by atoms with Crippen molar-refractivity contribution in [1.82, 2.24) is 0 Å². The van der Waals surface area contributed by atoms with Crippen molar-refractivity contribution in [2.24, 2.45) is 0 Å². The number of phenolic OH excluding ortho intramolecular Hbond substituents is 1. The van der Waals surface area contributed by atoms with Crippen LogP contribution in [0, 0.1) is 0 Å². The van der Waals surface area contributed by atoms with Gasteiger partial charge in [0.1, 0.15) is 11.5 Å². The van der Waals surface area contributed by atoms with Gasteiger partial charge in [0.05, 0.1) is 6.61 Å². The van der Waals surface area contributed by atoms with Gasteiger partial charge in [0, 0.05) is 37.3 Å². The predicted molar refractivity (Wildman–Crippen MR) is 71.4 cm³/mol. The molecule has 1 aromatic carbocycles. The van der Waals surface area contributed by atoms with E-state index in [2.05, 4.69) is 0 Å². The standard InChI is InChI=1S/C14H18O5/c1-10(14(16)17)8-11-4-5-12(9-13(11)15)19-7-3-6-18-2/h4-5,8-9,15H,3,6-7H2,1-2H3,(H,16,17)/b10-8-. The highest BCUT2D eigenvalue weighted by atomic mass is 16.5. The van der Waals surface area contributed by atoms with Crippen molar-refractivity contribution in [3.05, 3.63) is 29.3 Å². The number of ether oxygens (including phenoxy) is 2. The molecule has 0 atom stereocenters. The van der Waals surface area contributed by atoms with E-state index in [1.165, 1.54) is 19.1 Å². The lowest BCUT2D eigenvalue weighted by atomic mass is 10.1. The Labute approximate surface area is 112 Å². The van der Waals surface area contributed by atoms with Crippen molar-refractivity contribution in [2.75, 3.05) is 20.3 Å². The second kappa shape index (κ2) is 7.43. The first-order valence-corrected chi connectivity index (χ1v) is 5.91. The Morgan fingerprint density at radius 3 is 2.68 bits per heavy atom. The Bertz CT molecular complexity index is 465. The van der Waals surface area contributed by atoms with E-state index in [0.717, 1.165) is 6.42 Å². The number of carboxylic acids is 1. The van der Waals surface area contributed by atoms with Crippen molar-refractivity contribution >= 4 is 12.0 Å². The van der Waals surface area contributed by atoms with Crippen molar-refractivity contribution in [3.63, 3.8) is 0 Å². The van der Waals surface area contributed by atoms with E-state index in [9.17, 15) is 9.90 Å². The molecule has 1 aromatic rings. The molecule has 0 aromatic heterocycles. The molecule has 0 amide bonds. The minimum Gasteiger partial charge on any atom is -0.507 e. The highest BCUT2D eigenvalue weighted by Gasteiger charge is 2.05. The molecule has 0 spiro atoms. The van der Waals surface area contributed by atoms with Gasteiger partial charge < -0.3 is 19.7 Å². The molecule has 5 heteroatoms. The van der Waals surface area contributed by atoms with E-state index >= 15 is 0 Å². The van der Waals surface area contributed by atoms with E-state index < -0.39 is 5.97 Å². The Balaban J connectivity index is 2.69. The first-order valence-electron chi connectivity index (χ1n) is 5.91. The number of carboxylic acid groups (broad SMARTS) is 1. The fraction of sp³-hybridized carbons (Fsp3) is 0.357. The highest BCUT2D eigenvalue weighted by Crippen LogP contribution is 2.25. The van der Waals surface area contributed by atoms with Crippen molar-refractivity contribution in [2.45, 2.75) is 13.3 Å². The number of rotatable bonds is 7. The molecule has 0 saturated heterocycles. The third-order valence-electron chi connectivity index (χ3n) is 2.47. The molecule has 2 N–H and O–H groups in total. The molecule has 0 aliphatic rings. The van der Waals surface area contributed by atoms with Gasteiger partial charge in [-0.3, -0.25) is 0 Å². The molecular weight excluding hydrogens is 248 g/mol. The zero-order chi connectivity index (χ0) is 14.3. The Morgan fingerprint density at radius 1 is 1.37 bits per heavy atom. The van der Waals surface area contributed by atoms with Crippen LogP contribution in [0.4, 0.5) is 0 Å². The number of hydrogen-bond acceptors (Lipinski definition) is 4. The number of phenols is 1. The lowest BCUT2D eigenvalue weighted by molar-refractivity contribution is -0.132. The summed E-state index contributed by atoms with van der Waals surface area (Å²) >= 11 is 0. The molecule has 0 unspecified atom stereocenters. The van der Waals surface area contributed by atoms with Crippen LogP contribution in [0.5, 0.6) is 11.5 Å². The van der Waals surface area contributed by atoms with Gasteiger partial charge >= 0.3 is 5.97 Å². The first-order chi connectivity index (χ1) is 9.04. The summed E-state index contributed by atoms with van der Waals surface area (Å²) in [5, 5.41) is 18.6. The van der Waals surface area contributed by atoms with Crippen molar-refractivity contribution in [3.8, 4) is 11.5 Å². The average molecular weight is 266 g/mol. The highest BCUT2D eigenvalue weighted by molar-refractivity contribution is 5.91. The molecule has 104 valence electrons. The summed E-state index contributed by atoms with van der Waals surface area (Å²) in [7, 11) is 1.62. The van der Waals surface area contributed by atoms with Crippen LogP contribution in [0.1, 0.15) is 18.9 Å². The van der Waals surface area contributed by atoms with Gasteiger partial charge in [-0.1, -0.05) is 0 Å². The monoisotopic (exact) mass is 266 g/mol. The summed E-state index contributed by atoms with van der Waals surface area (Å²) < 4.78 is 10.3. The number of hydrogen-bond donors (Lipinski definition) is 2. The smallest absolute Gasteiger partial charge is 0.331 e. The summed E-state index contributed by atoms with van der Waals surface area (Å²) in [4.78, 5) is 10.7. The zero-order valence-corrected chi connectivity index (χ0v) is 11.0. The SMILES string of the molecule is COCCCOc1ccc(/C=C(/C)C(=O)O)c(O)c1. The summed E-state index contributed by atoms with van der Waals surface area (Å²) in [5.74, 6) is -0.483. The third-order valence-corrected chi connectivity index (χ3v) is 2.47. The number of benzene rings is 1. The topological polar surface area (TPSA) is 76.0 Å². The molecule has 0 heterocycles. The largest absolute Gasteiger partial charge is 0.507 e. The van der Waals surface area contributed by atoms with Crippen LogP contribution in [0.25, 0.3) is 6.08 Å². The summed E-state index contributed by atoms with van der Waals surface area (Å²) in [5.41, 5.74) is 0.605. The van der Waals surface area contributed by atoms with E-state index in [4.69, 9.17) is 14.6 Å². The van der Waals surface area contributed by atoms with Gasteiger partial charge in [0.15, 0.2) is 0 Å². The summed E-state index contributed by atoms with van der Waals surface area (Å²) in [6.07, 6.45) is 2.17. The summed E-state index contributed by atoms with van der Waals surface area (Å²) in [6.45, 7) is 2.58. The van der Waals surface area contributed by atoms with Crippen LogP contribution in [0.2, 0.25) is 0 Å². The van der Waals surface area contributed by atoms with E-state index in [1.807, 2.05) is 0 Å². The number of aromatic hydroxyl groups is 1. The van der Waals surface area contributed by atoms with Crippen LogP contribution in [-0.2, 0) is 9.53 Å². The number of aliphatic carboxylic acids is 1. The minimum absolute atomic E-state index is 0.00941. The van der Waals surface area contributed by atoms with E-state index in [-0.39, 0.29) is 11.3 Å². The molecule has 0 fully saturated rings. The second-order valence-electron chi connectivity index (χ2n) is 4.05. The van der Waals surface area contributed by atoms with Gasteiger partial charge in [-0.15, -0.1) is 0 Å². The average Bonchev–Trinajstić information content (AvgIpc) is 2.37. The van der Waals surface area contributed by atoms with Crippen molar-refractivity contribution < 1.29 is 24.5 Å². The summed E-state index contributed by atoms with van der Waals surface area (Å²) in [6, 6.07) is 4.77. The molecule has 0 aliphatic heterocycles. The Hall–Kier alpha value is -2.01. The fourth-order valence-electron chi connectivity index (χ4n) is 1.42. The molecule has 0 bridgehead atoms. The Kier molecular flexibility index (Phi) is 5.89. The normalized spacial score (nSPS) is 11.4. The van der Waals surface area contributed by atoms with Crippen LogP contribution < -0.4 is 4.74 Å². The van der Waals surface area contributed by atoms with Crippen molar-refractivity contribution in [1.29, 1.82) is 0 Å². The number of methoxy groups -OCH3 is 1. The minimum atomic E-state index is -1.01. The van der Waals surface area contributed by atoms with Crippen LogP contribution in [-0.4, -0.2) is 36.5 Å². The molecule has 5 nitrogen and oxygen atoms in total. The maximum Gasteiger partial charge on any atom is 0.331 e. The predicted octanol–water partition coefficient (Wildman–Crippen LogP) is 2.30. The van der Waals surface area contributed by atoms with Crippen LogP contribution in [0.15, 0.2) is 23.8 Å². The Morgan fingerprint density at radius 2 is 2.11 bits per heavy atom. The van der Waals surface area contributed by atoms with Gasteiger partial charge in [-0.2, -0.15) is 0 Å².